The molecule has 2 heterocycles. The summed E-state index contributed by atoms with van der Waals surface area (Å²) in [6.45, 7) is 0.284. The zero-order chi connectivity index (χ0) is 11.1. The van der Waals surface area contributed by atoms with Gasteiger partial charge in [0.1, 0.15) is 12.9 Å². The van der Waals surface area contributed by atoms with E-state index in [9.17, 15) is 4.79 Å². The van der Waals surface area contributed by atoms with Crippen molar-refractivity contribution < 1.29 is 4.52 Å². The molecule has 0 unspecified atom stereocenters. The molecular formula is C9H11N5O2. The van der Waals surface area contributed by atoms with Crippen LogP contribution in [0.1, 0.15) is 30.5 Å². The van der Waals surface area contributed by atoms with Gasteiger partial charge >= 0.3 is 5.69 Å². The molecule has 7 heteroatoms. The van der Waals surface area contributed by atoms with Crippen LogP contribution in [0.3, 0.4) is 0 Å². The van der Waals surface area contributed by atoms with Crippen LogP contribution in [0.2, 0.25) is 0 Å². The molecule has 7 nitrogen and oxygen atoms in total. The van der Waals surface area contributed by atoms with Crippen LogP contribution in [0, 0.1) is 0 Å². The minimum atomic E-state index is -0.189. The van der Waals surface area contributed by atoms with Crippen LogP contribution in [-0.4, -0.2) is 24.5 Å². The van der Waals surface area contributed by atoms with Crippen LogP contribution in [-0.2, 0) is 13.6 Å². The third-order valence-corrected chi connectivity index (χ3v) is 2.62. The Bertz CT molecular complexity index is 562. The second-order valence-electron chi connectivity index (χ2n) is 3.99. The van der Waals surface area contributed by atoms with Crippen molar-refractivity contribution in [3.05, 3.63) is 28.5 Å². The fourth-order valence-corrected chi connectivity index (χ4v) is 1.52. The predicted molar refractivity (Wildman–Crippen MR) is 52.8 cm³/mol. The minimum absolute atomic E-state index is 0.189. The molecule has 0 atom stereocenters. The van der Waals surface area contributed by atoms with Crippen LogP contribution in [0.5, 0.6) is 0 Å². The van der Waals surface area contributed by atoms with E-state index in [0.717, 1.165) is 18.7 Å². The molecule has 1 saturated carbocycles. The second kappa shape index (κ2) is 3.29. The number of aromatic nitrogens is 5. The van der Waals surface area contributed by atoms with E-state index in [1.165, 1.54) is 15.6 Å². The number of hydrogen-bond donors (Lipinski definition) is 0. The van der Waals surface area contributed by atoms with E-state index >= 15 is 0 Å². The molecule has 16 heavy (non-hydrogen) atoms. The van der Waals surface area contributed by atoms with Gasteiger partial charge in [-0.3, -0.25) is 4.57 Å². The van der Waals surface area contributed by atoms with Crippen molar-refractivity contribution in [1.29, 1.82) is 0 Å². The molecule has 1 fully saturated rings. The SMILES string of the molecule is Cn1ncn(Cc2nc(C3CC3)no2)c1=O. The van der Waals surface area contributed by atoms with Crippen molar-refractivity contribution >= 4 is 0 Å². The molecule has 0 spiro atoms. The van der Waals surface area contributed by atoms with E-state index < -0.39 is 0 Å². The first-order chi connectivity index (χ1) is 7.74. The van der Waals surface area contributed by atoms with E-state index in [2.05, 4.69) is 15.2 Å². The number of aryl methyl sites for hydroxylation is 1. The zero-order valence-corrected chi connectivity index (χ0v) is 8.83. The molecule has 84 valence electrons. The zero-order valence-electron chi connectivity index (χ0n) is 8.83. The first kappa shape index (κ1) is 9.32. The van der Waals surface area contributed by atoms with Crippen LogP contribution >= 0.6 is 0 Å². The Labute approximate surface area is 90.7 Å². The molecule has 0 amide bonds. The van der Waals surface area contributed by atoms with E-state index in [4.69, 9.17) is 4.52 Å². The van der Waals surface area contributed by atoms with E-state index in [0.29, 0.717) is 11.8 Å². The maximum absolute atomic E-state index is 11.5. The molecule has 0 aliphatic heterocycles. The van der Waals surface area contributed by atoms with Gasteiger partial charge in [0.05, 0.1) is 0 Å². The average molecular weight is 221 g/mol. The van der Waals surface area contributed by atoms with Gasteiger partial charge in [-0.05, 0) is 12.8 Å². The minimum Gasteiger partial charge on any atom is -0.337 e. The molecule has 0 saturated heterocycles. The molecule has 0 radical (unpaired) electrons. The standard InChI is InChI=1S/C9H11N5O2/c1-13-9(15)14(5-10-13)4-7-11-8(12-16-7)6-2-3-6/h5-6H,2-4H2,1H3. The summed E-state index contributed by atoms with van der Waals surface area (Å²) in [5, 5.41) is 7.73. The molecule has 2 aromatic rings. The first-order valence-electron chi connectivity index (χ1n) is 5.15. The van der Waals surface area contributed by atoms with Gasteiger partial charge < -0.3 is 4.52 Å². The molecule has 0 N–H and O–H groups in total. The summed E-state index contributed by atoms with van der Waals surface area (Å²) >= 11 is 0. The van der Waals surface area contributed by atoms with Gasteiger partial charge in [0.25, 0.3) is 0 Å². The molecule has 1 aliphatic rings. The van der Waals surface area contributed by atoms with Gasteiger partial charge in [-0.1, -0.05) is 5.16 Å². The van der Waals surface area contributed by atoms with Gasteiger partial charge in [-0.15, -0.1) is 0 Å². The highest BCUT2D eigenvalue weighted by molar-refractivity contribution is 5.03. The summed E-state index contributed by atoms with van der Waals surface area (Å²) in [4.78, 5) is 15.7. The lowest BCUT2D eigenvalue weighted by Gasteiger charge is -1.92. The van der Waals surface area contributed by atoms with E-state index in [1.807, 2.05) is 0 Å². The quantitative estimate of drug-likeness (QED) is 0.722. The third-order valence-electron chi connectivity index (χ3n) is 2.62. The molecule has 1 aliphatic carbocycles. The predicted octanol–water partition coefficient (Wildman–Crippen LogP) is -0.110. The Morgan fingerprint density at radius 3 is 3.00 bits per heavy atom. The van der Waals surface area contributed by atoms with Gasteiger partial charge in [-0.25, -0.2) is 9.48 Å². The van der Waals surface area contributed by atoms with Crippen molar-refractivity contribution in [2.24, 2.45) is 7.05 Å². The van der Waals surface area contributed by atoms with E-state index in [1.54, 1.807) is 7.05 Å². The molecule has 3 rings (SSSR count). The van der Waals surface area contributed by atoms with Gasteiger partial charge in [0.15, 0.2) is 5.82 Å². The summed E-state index contributed by atoms with van der Waals surface area (Å²) in [6.07, 6.45) is 3.72. The van der Waals surface area contributed by atoms with Crippen LogP contribution < -0.4 is 5.69 Å². The smallest absolute Gasteiger partial charge is 0.337 e. The second-order valence-corrected chi connectivity index (χ2v) is 3.99. The Hall–Kier alpha value is -1.92. The lowest BCUT2D eigenvalue weighted by Crippen LogP contribution is -2.22. The molecule has 0 aromatic carbocycles. The number of rotatable bonds is 3. The topological polar surface area (TPSA) is 78.7 Å². The Balaban J connectivity index is 1.82. The molecule has 2 aromatic heterocycles. The molecule has 0 bridgehead atoms. The highest BCUT2D eigenvalue weighted by Gasteiger charge is 2.28. The molecular weight excluding hydrogens is 210 g/mol. The van der Waals surface area contributed by atoms with E-state index in [-0.39, 0.29) is 12.2 Å². The van der Waals surface area contributed by atoms with Crippen LogP contribution in [0.4, 0.5) is 0 Å². The fourth-order valence-electron chi connectivity index (χ4n) is 1.52. The van der Waals surface area contributed by atoms with Gasteiger partial charge in [-0.2, -0.15) is 10.1 Å². The number of hydrogen-bond acceptors (Lipinski definition) is 5. The first-order valence-corrected chi connectivity index (χ1v) is 5.15. The van der Waals surface area contributed by atoms with Crippen molar-refractivity contribution in [3.8, 4) is 0 Å². The largest absolute Gasteiger partial charge is 0.345 e. The van der Waals surface area contributed by atoms with Gasteiger partial charge in [0, 0.05) is 13.0 Å². The Kier molecular flexibility index (Phi) is 1.92. The van der Waals surface area contributed by atoms with Crippen LogP contribution in [0.25, 0.3) is 0 Å². The fraction of sp³-hybridized carbons (Fsp3) is 0.556. The van der Waals surface area contributed by atoms with Crippen LogP contribution in [0.15, 0.2) is 15.6 Å². The van der Waals surface area contributed by atoms with Crippen molar-refractivity contribution in [1.82, 2.24) is 24.5 Å². The highest BCUT2D eigenvalue weighted by Crippen LogP contribution is 2.38. The monoisotopic (exact) mass is 221 g/mol. The average Bonchev–Trinajstić information content (AvgIpc) is 2.96. The normalized spacial score (nSPS) is 15.6. The Morgan fingerprint density at radius 2 is 2.38 bits per heavy atom. The summed E-state index contributed by atoms with van der Waals surface area (Å²) in [5.74, 6) is 1.67. The lowest BCUT2D eigenvalue weighted by molar-refractivity contribution is 0.364. The van der Waals surface area contributed by atoms with Crippen molar-refractivity contribution in [3.63, 3.8) is 0 Å². The summed E-state index contributed by atoms with van der Waals surface area (Å²) in [7, 11) is 1.60. The number of nitrogens with zero attached hydrogens (tertiary/aromatic N) is 5. The Morgan fingerprint density at radius 1 is 1.56 bits per heavy atom. The third kappa shape index (κ3) is 1.54. The summed E-state index contributed by atoms with van der Waals surface area (Å²) in [5.41, 5.74) is -0.189. The maximum Gasteiger partial charge on any atom is 0.345 e. The van der Waals surface area contributed by atoms with Crippen molar-refractivity contribution in [2.75, 3.05) is 0 Å². The highest BCUT2D eigenvalue weighted by atomic mass is 16.5. The maximum atomic E-state index is 11.5. The summed E-state index contributed by atoms with van der Waals surface area (Å²) < 4.78 is 7.77. The van der Waals surface area contributed by atoms with Crippen molar-refractivity contribution in [2.45, 2.75) is 25.3 Å². The summed E-state index contributed by atoms with van der Waals surface area (Å²) in [6, 6.07) is 0. The lowest BCUT2D eigenvalue weighted by atomic mass is 10.4. The van der Waals surface area contributed by atoms with Gasteiger partial charge in [0.2, 0.25) is 5.89 Å².